The van der Waals surface area contributed by atoms with E-state index in [1.807, 2.05) is 0 Å². The molecule has 3 aliphatic rings. The van der Waals surface area contributed by atoms with Crippen LogP contribution in [-0.2, 0) is 9.53 Å². The van der Waals surface area contributed by atoms with Crippen LogP contribution in [0.4, 0.5) is 0 Å². The van der Waals surface area contributed by atoms with E-state index in [0.717, 1.165) is 12.8 Å². The van der Waals surface area contributed by atoms with Crippen LogP contribution in [0.5, 0.6) is 0 Å². The Kier molecular flexibility index (Phi) is 5.08. The molecule has 1 saturated carbocycles. The zero-order chi connectivity index (χ0) is 15.1. The van der Waals surface area contributed by atoms with Crippen LogP contribution in [0.2, 0.25) is 0 Å². The van der Waals surface area contributed by atoms with E-state index in [9.17, 15) is 4.79 Å². The number of nitrogens with one attached hydrogen (secondary N) is 2. The summed E-state index contributed by atoms with van der Waals surface area (Å²) in [5.41, 5.74) is -0.200. The topological polar surface area (TPSA) is 70.2 Å². The van der Waals surface area contributed by atoms with E-state index in [-0.39, 0.29) is 40.4 Å². The molecular weight excluding hydrogens is 494 g/mol. The molecule has 3 fully saturated rings. The fraction of sp³-hybridized carbons (Fsp3) is 0.933. The van der Waals surface area contributed by atoms with Gasteiger partial charge in [-0.3, -0.25) is 0 Å². The molecule has 1 atom stereocenters. The summed E-state index contributed by atoms with van der Waals surface area (Å²) in [6.07, 6.45) is 8.35. The Hall–Kier alpha value is 0.850. The van der Waals surface area contributed by atoms with Gasteiger partial charge in [-0.25, -0.2) is 0 Å². The van der Waals surface area contributed by atoms with Gasteiger partial charge in [0.05, 0.1) is 0 Å². The first-order chi connectivity index (χ1) is 10.1. The first kappa shape index (κ1) is 16.7. The standard InChI is InChI=1S/C15H27I2N2O2/c1-4-14(5-2,11-9-7-6-8-10-11)21-13(20)12(16-3)15-17(18-15)19-15/h11-12,18-19H,4-10H2,1-3H3/q-1. The molecule has 0 aromatic heterocycles. The summed E-state index contributed by atoms with van der Waals surface area (Å²) in [4.78, 5) is 15.0. The number of hydrogen-bond donors (Lipinski definition) is 2. The molecule has 0 amide bonds. The predicted octanol–water partition coefficient (Wildman–Crippen LogP) is -0.0473. The van der Waals surface area contributed by atoms with Crippen LogP contribution in [0.25, 0.3) is 0 Å². The average molecular weight is 521 g/mol. The Morgan fingerprint density at radius 1 is 1.33 bits per heavy atom. The monoisotopic (exact) mass is 521 g/mol. The minimum atomic E-state index is -1.05. The number of carbonyl (C=O) groups is 1. The van der Waals surface area contributed by atoms with E-state index < -0.39 is 20.4 Å². The third kappa shape index (κ3) is 2.98. The Balaban J connectivity index is 1.69. The van der Waals surface area contributed by atoms with Gasteiger partial charge in [0.15, 0.2) is 0 Å². The Morgan fingerprint density at radius 3 is 2.33 bits per heavy atom. The van der Waals surface area contributed by atoms with Crippen molar-refractivity contribution in [2.24, 2.45) is 5.92 Å². The van der Waals surface area contributed by atoms with Gasteiger partial charge in [-0.15, -0.1) is 0 Å². The third-order valence-corrected chi connectivity index (χ3v) is 13.8. The van der Waals surface area contributed by atoms with Crippen molar-refractivity contribution in [3.8, 4) is 0 Å². The van der Waals surface area contributed by atoms with Gasteiger partial charge in [0.25, 0.3) is 0 Å². The number of carbonyl (C=O) groups excluding carboxylic acids is 1. The summed E-state index contributed by atoms with van der Waals surface area (Å²) < 4.78 is 13.5. The molecule has 1 aliphatic carbocycles. The van der Waals surface area contributed by atoms with Crippen molar-refractivity contribution in [3.05, 3.63) is 0 Å². The van der Waals surface area contributed by atoms with E-state index in [1.165, 1.54) is 32.1 Å². The summed E-state index contributed by atoms with van der Waals surface area (Å²) in [5.74, 6) is 0.671. The van der Waals surface area contributed by atoms with Crippen molar-refractivity contribution < 1.29 is 30.7 Å². The van der Waals surface area contributed by atoms with Gasteiger partial charge in [-0.05, 0) is 0 Å². The molecule has 1 unspecified atom stereocenters. The van der Waals surface area contributed by atoms with Crippen molar-refractivity contribution in [1.29, 1.82) is 0 Å². The van der Waals surface area contributed by atoms with Crippen molar-refractivity contribution >= 4 is 26.3 Å². The van der Waals surface area contributed by atoms with Gasteiger partial charge in [-0.2, -0.15) is 0 Å². The fourth-order valence-electron chi connectivity index (χ4n) is 3.77. The fourth-order valence-corrected chi connectivity index (χ4v) is 14.1. The minimum absolute atomic E-state index is 0.0943. The zero-order valence-corrected chi connectivity index (χ0v) is 17.5. The zero-order valence-electron chi connectivity index (χ0n) is 13.2. The molecule has 2 aliphatic heterocycles. The van der Waals surface area contributed by atoms with Gasteiger partial charge in [0.1, 0.15) is 0 Å². The van der Waals surface area contributed by atoms with Crippen molar-refractivity contribution in [3.63, 3.8) is 0 Å². The number of fused-ring (bicyclic) bond motifs is 1. The Bertz CT molecular complexity index is 402. The van der Waals surface area contributed by atoms with Crippen LogP contribution in [0.1, 0.15) is 58.8 Å². The molecule has 2 saturated heterocycles. The molecule has 6 heteroatoms. The van der Waals surface area contributed by atoms with Crippen LogP contribution >= 0.6 is 20.4 Å². The van der Waals surface area contributed by atoms with Gasteiger partial charge >= 0.3 is 147 Å². The van der Waals surface area contributed by atoms with Gasteiger partial charge in [0.2, 0.25) is 0 Å². The van der Waals surface area contributed by atoms with Crippen LogP contribution in [-0.4, -0.2) is 24.1 Å². The second kappa shape index (κ2) is 6.39. The van der Waals surface area contributed by atoms with Crippen LogP contribution in [0.15, 0.2) is 0 Å². The quantitative estimate of drug-likeness (QED) is 0.123. The molecule has 0 aromatic rings. The third-order valence-electron chi connectivity index (χ3n) is 5.32. The summed E-state index contributed by atoms with van der Waals surface area (Å²) in [5, 5.41) is 0. The van der Waals surface area contributed by atoms with Crippen molar-refractivity contribution in [2.75, 3.05) is 4.93 Å². The van der Waals surface area contributed by atoms with E-state index >= 15 is 0 Å². The number of halogens is 2. The molecule has 21 heavy (non-hydrogen) atoms. The Labute approximate surface area is 146 Å². The number of esters is 1. The van der Waals surface area contributed by atoms with Gasteiger partial charge < -0.3 is 0 Å². The SMILES string of the molecule is CCC(CC)(OC(=O)C([I-]C)C12NI1N2)C1CCCCC1. The second-order valence-electron chi connectivity index (χ2n) is 6.29. The average Bonchev–Trinajstić information content (AvgIpc) is 3.37. The van der Waals surface area contributed by atoms with Crippen molar-refractivity contribution in [2.45, 2.75) is 72.0 Å². The number of hydrogen-bond acceptors (Lipinski definition) is 4. The first-order valence-corrected chi connectivity index (χ1v) is 14.7. The second-order valence-corrected chi connectivity index (χ2v) is 13.2. The number of alkyl halides is 3. The molecule has 0 bridgehead atoms. The van der Waals surface area contributed by atoms with Crippen LogP contribution in [0, 0.1) is 5.92 Å². The van der Waals surface area contributed by atoms with Gasteiger partial charge in [-0.1, -0.05) is 0 Å². The molecule has 2 N–H and O–H groups in total. The van der Waals surface area contributed by atoms with E-state index in [0.29, 0.717) is 5.92 Å². The first-order valence-electron chi connectivity index (χ1n) is 8.08. The normalized spacial score (nSPS) is 27.1. The Morgan fingerprint density at radius 2 is 1.90 bits per heavy atom. The van der Waals surface area contributed by atoms with E-state index in [4.69, 9.17) is 4.74 Å². The molecule has 4 nitrogen and oxygen atoms in total. The number of ether oxygens (including phenoxy) is 1. The summed E-state index contributed by atoms with van der Waals surface area (Å²) in [7, 11) is 0. The summed E-state index contributed by atoms with van der Waals surface area (Å²) in [6.45, 7) is 4.40. The summed E-state index contributed by atoms with van der Waals surface area (Å²) in [6, 6.07) is 0. The molecule has 124 valence electrons. The van der Waals surface area contributed by atoms with E-state index in [1.54, 1.807) is 0 Å². The predicted molar refractivity (Wildman–Crippen MR) is 88.7 cm³/mol. The van der Waals surface area contributed by atoms with Crippen LogP contribution < -0.4 is 28.3 Å². The molecular formula is C15H27I2N2O2-. The maximum atomic E-state index is 12.8. The molecule has 0 spiro atoms. The summed E-state index contributed by atoms with van der Waals surface area (Å²) >= 11 is -1.17. The molecule has 0 radical (unpaired) electrons. The molecule has 2 heterocycles. The molecule has 0 aromatic carbocycles. The van der Waals surface area contributed by atoms with Crippen LogP contribution in [0.3, 0.4) is 0 Å². The maximum absolute atomic E-state index is 12.8. The number of rotatable bonds is 7. The van der Waals surface area contributed by atoms with Gasteiger partial charge in [0, 0.05) is 0 Å². The van der Waals surface area contributed by atoms with E-state index in [2.05, 4.69) is 25.8 Å². The van der Waals surface area contributed by atoms with Crippen molar-refractivity contribution in [1.82, 2.24) is 7.06 Å². The molecule has 3 rings (SSSR count).